The first-order valence-corrected chi connectivity index (χ1v) is 11.5. The van der Waals surface area contributed by atoms with Crippen LogP contribution in [-0.4, -0.2) is 70.8 Å². The number of rotatable bonds is 9. The van der Waals surface area contributed by atoms with E-state index in [9.17, 15) is 9.59 Å². The number of ether oxygens (including phenoxy) is 3. The van der Waals surface area contributed by atoms with Crippen molar-refractivity contribution in [2.45, 2.75) is 33.1 Å². The van der Waals surface area contributed by atoms with Crippen molar-refractivity contribution in [2.24, 2.45) is 17.8 Å². The van der Waals surface area contributed by atoms with Crippen molar-refractivity contribution in [3.63, 3.8) is 0 Å². The summed E-state index contributed by atoms with van der Waals surface area (Å²) in [6.07, 6.45) is 2.41. The minimum Gasteiger partial charge on any atom is -0.493 e. The molecule has 0 bridgehead atoms. The number of carbonyl (C=O) groups is 2. The highest BCUT2D eigenvalue weighted by Crippen LogP contribution is 2.42. The van der Waals surface area contributed by atoms with E-state index < -0.39 is 0 Å². The number of hydrogen-bond donors (Lipinski definition) is 1. The largest absolute Gasteiger partial charge is 0.493 e. The zero-order valence-corrected chi connectivity index (χ0v) is 20.0. The normalized spacial score (nSPS) is 23.8. The molecule has 1 aromatic carbocycles. The molecule has 1 N–H and O–H groups in total. The number of amides is 2. The predicted molar refractivity (Wildman–Crippen MR) is 124 cm³/mol. The number of anilines is 1. The fraction of sp³-hybridized carbons (Fsp3) is 0.667. The van der Waals surface area contributed by atoms with Gasteiger partial charge in [-0.1, -0.05) is 13.8 Å². The van der Waals surface area contributed by atoms with Gasteiger partial charge >= 0.3 is 0 Å². The van der Waals surface area contributed by atoms with Crippen LogP contribution >= 0.6 is 0 Å². The molecule has 1 aromatic rings. The van der Waals surface area contributed by atoms with E-state index >= 15 is 0 Å². The maximum atomic E-state index is 12.7. The van der Waals surface area contributed by atoms with Crippen LogP contribution in [-0.2, 0) is 9.59 Å². The van der Waals surface area contributed by atoms with Gasteiger partial charge in [-0.15, -0.1) is 0 Å². The lowest BCUT2D eigenvalue weighted by Gasteiger charge is -2.34. The van der Waals surface area contributed by atoms with Gasteiger partial charge in [-0.05, 0) is 31.2 Å². The summed E-state index contributed by atoms with van der Waals surface area (Å²) in [6, 6.07) is 3.47. The van der Waals surface area contributed by atoms with Crippen LogP contribution in [0.2, 0.25) is 0 Å². The Balaban J connectivity index is 1.53. The van der Waals surface area contributed by atoms with E-state index in [0.717, 1.165) is 37.9 Å². The molecule has 0 aliphatic carbocycles. The van der Waals surface area contributed by atoms with Crippen LogP contribution < -0.4 is 24.4 Å². The van der Waals surface area contributed by atoms with Crippen molar-refractivity contribution in [3.05, 3.63) is 12.1 Å². The molecular formula is C24H37N3O5. The Morgan fingerprint density at radius 3 is 2.22 bits per heavy atom. The molecule has 178 valence electrons. The molecule has 2 fully saturated rings. The summed E-state index contributed by atoms with van der Waals surface area (Å²) < 4.78 is 16.1. The maximum Gasteiger partial charge on any atom is 0.227 e. The molecule has 3 rings (SSSR count). The molecule has 3 unspecified atom stereocenters. The van der Waals surface area contributed by atoms with Crippen molar-refractivity contribution >= 4 is 17.5 Å². The van der Waals surface area contributed by atoms with Crippen LogP contribution in [0.5, 0.6) is 17.2 Å². The number of nitrogens with zero attached hydrogens (tertiary/aromatic N) is 2. The average molecular weight is 448 g/mol. The van der Waals surface area contributed by atoms with E-state index in [1.165, 1.54) is 27.8 Å². The number of carbonyl (C=O) groups excluding carboxylic acids is 2. The number of nitrogens with one attached hydrogen (secondary N) is 1. The van der Waals surface area contributed by atoms with Gasteiger partial charge in [0.15, 0.2) is 11.5 Å². The summed E-state index contributed by atoms with van der Waals surface area (Å²) in [5.41, 5.74) is 0.633. The minimum atomic E-state index is -0.364. The van der Waals surface area contributed by atoms with Gasteiger partial charge < -0.3 is 29.3 Å². The molecule has 2 saturated heterocycles. The lowest BCUT2D eigenvalue weighted by Crippen LogP contribution is -2.40. The third kappa shape index (κ3) is 5.65. The molecule has 2 aliphatic rings. The van der Waals surface area contributed by atoms with Gasteiger partial charge in [0.25, 0.3) is 0 Å². The third-order valence-electron chi connectivity index (χ3n) is 6.35. The molecule has 2 amide bonds. The van der Waals surface area contributed by atoms with E-state index in [4.69, 9.17) is 14.2 Å². The monoisotopic (exact) mass is 447 g/mol. The van der Waals surface area contributed by atoms with E-state index in [1.807, 2.05) is 0 Å². The number of piperidine rings is 1. The van der Waals surface area contributed by atoms with Crippen LogP contribution in [0.25, 0.3) is 0 Å². The zero-order valence-electron chi connectivity index (χ0n) is 20.0. The molecule has 8 nitrogen and oxygen atoms in total. The van der Waals surface area contributed by atoms with Crippen molar-refractivity contribution in [2.75, 3.05) is 59.0 Å². The maximum absolute atomic E-state index is 12.7. The minimum absolute atomic E-state index is 0.0614. The number of hydrogen-bond acceptors (Lipinski definition) is 6. The van der Waals surface area contributed by atoms with Crippen LogP contribution in [0.4, 0.5) is 5.69 Å². The molecule has 8 heteroatoms. The van der Waals surface area contributed by atoms with Gasteiger partial charge in [-0.2, -0.15) is 0 Å². The van der Waals surface area contributed by atoms with Crippen LogP contribution in [0, 0.1) is 17.8 Å². The molecule has 0 aromatic heterocycles. The molecule has 32 heavy (non-hydrogen) atoms. The van der Waals surface area contributed by atoms with Crippen LogP contribution in [0.15, 0.2) is 12.1 Å². The third-order valence-corrected chi connectivity index (χ3v) is 6.35. The summed E-state index contributed by atoms with van der Waals surface area (Å²) >= 11 is 0. The van der Waals surface area contributed by atoms with Gasteiger partial charge in [-0.3, -0.25) is 9.59 Å². The van der Waals surface area contributed by atoms with Crippen molar-refractivity contribution in [3.8, 4) is 17.2 Å². The van der Waals surface area contributed by atoms with E-state index in [-0.39, 0.29) is 24.2 Å². The zero-order chi connectivity index (χ0) is 23.3. The quantitative estimate of drug-likeness (QED) is 0.586. The Labute approximate surface area is 191 Å². The fourth-order valence-corrected chi connectivity index (χ4v) is 4.99. The highest BCUT2D eigenvalue weighted by molar-refractivity contribution is 6.00. The fourth-order valence-electron chi connectivity index (χ4n) is 4.99. The van der Waals surface area contributed by atoms with Gasteiger partial charge in [0.2, 0.25) is 17.6 Å². The molecule has 0 radical (unpaired) electrons. The Morgan fingerprint density at radius 2 is 1.66 bits per heavy atom. The van der Waals surface area contributed by atoms with Crippen molar-refractivity contribution < 1.29 is 23.8 Å². The lowest BCUT2D eigenvalue weighted by molar-refractivity contribution is -0.126. The molecule has 2 heterocycles. The van der Waals surface area contributed by atoms with E-state index in [1.54, 1.807) is 17.0 Å². The second-order valence-corrected chi connectivity index (χ2v) is 9.14. The van der Waals surface area contributed by atoms with Gasteiger partial charge in [0, 0.05) is 44.7 Å². The topological polar surface area (TPSA) is 80.3 Å². The van der Waals surface area contributed by atoms with Crippen molar-refractivity contribution in [1.82, 2.24) is 10.2 Å². The van der Waals surface area contributed by atoms with Gasteiger partial charge in [0.05, 0.1) is 32.9 Å². The average Bonchev–Trinajstić information content (AvgIpc) is 3.16. The summed E-state index contributed by atoms with van der Waals surface area (Å²) in [5.74, 6) is 2.38. The van der Waals surface area contributed by atoms with E-state index in [2.05, 4.69) is 24.1 Å². The summed E-state index contributed by atoms with van der Waals surface area (Å²) in [5, 5.41) is 3.03. The second-order valence-electron chi connectivity index (χ2n) is 9.14. The summed E-state index contributed by atoms with van der Waals surface area (Å²) in [4.78, 5) is 29.5. The smallest absolute Gasteiger partial charge is 0.227 e. The molecule has 2 aliphatic heterocycles. The number of likely N-dealkylation sites (tertiary alicyclic amines) is 1. The summed E-state index contributed by atoms with van der Waals surface area (Å²) in [7, 11) is 4.61. The standard InChI is InChI=1S/C24H37N3O5/c1-16-9-17(2)14-26(13-16)8-6-7-25-24(29)18-10-22(28)27(15-18)19-11-20(30-3)23(32-5)21(12-19)31-4/h11-12,16-18H,6-10,13-15H2,1-5H3,(H,25,29). The molecule has 3 atom stereocenters. The summed E-state index contributed by atoms with van der Waals surface area (Å²) in [6.45, 7) is 8.86. The first kappa shape index (κ1) is 24.2. The van der Waals surface area contributed by atoms with Gasteiger partial charge in [-0.25, -0.2) is 0 Å². The first-order chi connectivity index (χ1) is 15.4. The highest BCUT2D eigenvalue weighted by atomic mass is 16.5. The Kier molecular flexibility index (Phi) is 8.23. The molecular weight excluding hydrogens is 410 g/mol. The first-order valence-electron chi connectivity index (χ1n) is 11.5. The van der Waals surface area contributed by atoms with Crippen LogP contribution in [0.3, 0.4) is 0 Å². The predicted octanol–water partition coefficient (Wildman–Crippen LogP) is 2.55. The Bertz CT molecular complexity index is 780. The van der Waals surface area contributed by atoms with Crippen LogP contribution in [0.1, 0.15) is 33.1 Å². The molecule has 0 spiro atoms. The SMILES string of the molecule is COc1cc(N2CC(C(=O)NCCCN3CC(C)CC(C)C3)CC2=O)cc(OC)c1OC. The number of methoxy groups -OCH3 is 3. The molecule has 0 saturated carbocycles. The second kappa shape index (κ2) is 10.9. The number of benzene rings is 1. The van der Waals surface area contributed by atoms with Gasteiger partial charge in [0.1, 0.15) is 0 Å². The Hall–Kier alpha value is -2.48. The lowest BCUT2D eigenvalue weighted by atomic mass is 9.92. The highest BCUT2D eigenvalue weighted by Gasteiger charge is 2.36. The van der Waals surface area contributed by atoms with E-state index in [0.29, 0.717) is 36.0 Å². The Morgan fingerprint density at radius 1 is 1.03 bits per heavy atom. The van der Waals surface area contributed by atoms with Crippen molar-refractivity contribution in [1.29, 1.82) is 0 Å².